The topological polar surface area (TPSA) is 148 Å². The molecule has 2 aliphatic heterocycles. The fourth-order valence-electron chi connectivity index (χ4n) is 5.02. The van der Waals surface area contributed by atoms with Crippen molar-refractivity contribution in [2.45, 2.75) is 49.0 Å². The van der Waals surface area contributed by atoms with Gasteiger partial charge >= 0.3 is 6.36 Å². The SMILES string of the molecule is O=C(N[C@@H]1CCO[C@]12O[C@H](CO)[C@H](O)[C@H](n1cc(-c3cc(F)c(F)c(F)c3)nn1)[C@H]2O)c1cccc(OC(F)(F)F)c1. The van der Waals surface area contributed by atoms with E-state index in [2.05, 4.69) is 20.4 Å². The summed E-state index contributed by atoms with van der Waals surface area (Å²) in [6.07, 6.45) is -8.73. The van der Waals surface area contributed by atoms with Crippen LogP contribution in [0.15, 0.2) is 42.6 Å². The van der Waals surface area contributed by atoms with Gasteiger partial charge in [0.1, 0.15) is 35.8 Å². The first kappa shape index (κ1) is 29.7. The molecule has 0 aliphatic carbocycles. The van der Waals surface area contributed by atoms with Crippen molar-refractivity contribution in [2.24, 2.45) is 0 Å². The number of carbonyl (C=O) groups is 1. The molecule has 0 bridgehead atoms. The molecular weight excluding hydrogens is 582 g/mol. The number of alkyl halides is 3. The van der Waals surface area contributed by atoms with Crippen LogP contribution >= 0.6 is 0 Å². The molecule has 3 aromatic rings. The Balaban J connectivity index is 1.43. The van der Waals surface area contributed by atoms with Crippen molar-refractivity contribution in [2.75, 3.05) is 13.2 Å². The fraction of sp³-hybridized carbons (Fsp3) is 0.400. The predicted octanol–water partition coefficient (Wildman–Crippen LogP) is 1.83. The van der Waals surface area contributed by atoms with Crippen LogP contribution in [0.25, 0.3) is 11.3 Å². The van der Waals surface area contributed by atoms with E-state index in [1.807, 2.05) is 0 Å². The maximum atomic E-state index is 13.8. The van der Waals surface area contributed by atoms with E-state index in [1.165, 1.54) is 6.07 Å². The number of aliphatic hydroxyl groups excluding tert-OH is 3. The van der Waals surface area contributed by atoms with Gasteiger partial charge in [-0.05, 0) is 36.8 Å². The maximum absolute atomic E-state index is 13.8. The zero-order valence-electron chi connectivity index (χ0n) is 21.1. The molecule has 4 N–H and O–H groups in total. The maximum Gasteiger partial charge on any atom is 0.573 e. The van der Waals surface area contributed by atoms with Crippen LogP contribution in [-0.2, 0) is 9.47 Å². The highest BCUT2D eigenvalue weighted by Crippen LogP contribution is 2.43. The molecule has 11 nitrogen and oxygen atoms in total. The van der Waals surface area contributed by atoms with Crippen molar-refractivity contribution < 1.29 is 60.7 Å². The van der Waals surface area contributed by atoms with Gasteiger partial charge in [0.2, 0.25) is 5.79 Å². The van der Waals surface area contributed by atoms with Crippen LogP contribution in [0.4, 0.5) is 26.3 Å². The molecule has 17 heteroatoms. The van der Waals surface area contributed by atoms with Gasteiger partial charge in [-0.25, -0.2) is 17.9 Å². The molecular formula is C25H22F6N4O7. The van der Waals surface area contributed by atoms with E-state index in [0.717, 1.165) is 29.1 Å². The molecule has 42 heavy (non-hydrogen) atoms. The zero-order chi connectivity index (χ0) is 30.4. The Morgan fingerprint density at radius 2 is 1.88 bits per heavy atom. The van der Waals surface area contributed by atoms with E-state index in [9.17, 15) is 46.5 Å². The summed E-state index contributed by atoms with van der Waals surface area (Å²) in [5.41, 5.74) is -0.591. The van der Waals surface area contributed by atoms with E-state index >= 15 is 0 Å². The van der Waals surface area contributed by atoms with Crippen LogP contribution in [0.3, 0.4) is 0 Å². The molecule has 0 saturated carbocycles. The molecule has 2 fully saturated rings. The minimum Gasteiger partial charge on any atom is -0.406 e. The number of carbonyl (C=O) groups excluding carboxylic acids is 1. The van der Waals surface area contributed by atoms with Crippen molar-refractivity contribution in [1.82, 2.24) is 20.3 Å². The Labute approximate surface area is 232 Å². The first-order valence-corrected chi connectivity index (χ1v) is 12.3. The first-order valence-electron chi connectivity index (χ1n) is 12.3. The van der Waals surface area contributed by atoms with E-state index in [0.29, 0.717) is 12.1 Å². The quantitative estimate of drug-likeness (QED) is 0.244. The number of amides is 1. The summed E-state index contributed by atoms with van der Waals surface area (Å²) in [5, 5.41) is 42.4. The van der Waals surface area contributed by atoms with Crippen LogP contribution in [-0.4, -0.2) is 85.9 Å². The largest absolute Gasteiger partial charge is 0.573 e. The zero-order valence-corrected chi connectivity index (χ0v) is 21.1. The van der Waals surface area contributed by atoms with Gasteiger partial charge in [-0.15, -0.1) is 18.3 Å². The van der Waals surface area contributed by atoms with E-state index in [4.69, 9.17) is 9.47 Å². The van der Waals surface area contributed by atoms with E-state index in [-0.39, 0.29) is 29.8 Å². The standard InChI is InChI=1S/C25H22F6N4O7/c26-14-7-12(8-15(27)19(14)28)16-9-35(34-33-16)20-21(37)17(10-36)42-24(22(20)38)18(4-5-40-24)32-23(39)11-2-1-3-13(6-11)41-25(29,30)31/h1-3,6-9,17-18,20-22,36-38H,4-5,10H2,(H,32,39)/t17-,18-,20+,21+,22-,24+/m1/s1. The molecule has 0 radical (unpaired) electrons. The number of hydrogen-bond acceptors (Lipinski definition) is 9. The van der Waals surface area contributed by atoms with Crippen molar-refractivity contribution in [1.29, 1.82) is 0 Å². The van der Waals surface area contributed by atoms with Gasteiger partial charge in [0.15, 0.2) is 17.5 Å². The van der Waals surface area contributed by atoms with E-state index in [1.54, 1.807) is 0 Å². The second kappa shape index (κ2) is 11.1. The summed E-state index contributed by atoms with van der Waals surface area (Å²) >= 11 is 0. The van der Waals surface area contributed by atoms with Gasteiger partial charge in [-0.3, -0.25) is 4.79 Å². The van der Waals surface area contributed by atoms with Crippen LogP contribution in [0.5, 0.6) is 5.75 Å². The first-order chi connectivity index (χ1) is 19.8. The predicted molar refractivity (Wildman–Crippen MR) is 126 cm³/mol. The highest BCUT2D eigenvalue weighted by molar-refractivity contribution is 5.94. The van der Waals surface area contributed by atoms with Gasteiger partial charge in [0.25, 0.3) is 5.91 Å². The highest BCUT2D eigenvalue weighted by atomic mass is 19.4. The molecule has 5 rings (SSSR count). The normalized spacial score (nSPS) is 27.8. The Kier molecular flexibility index (Phi) is 7.88. The minimum absolute atomic E-state index is 0.0409. The number of rotatable bonds is 6. The second-order valence-electron chi connectivity index (χ2n) is 9.56. The lowest BCUT2D eigenvalue weighted by atomic mass is 9.86. The average Bonchev–Trinajstić information content (AvgIpc) is 3.57. The number of aromatic nitrogens is 3. The molecule has 226 valence electrons. The molecule has 6 atom stereocenters. The van der Waals surface area contributed by atoms with Crippen LogP contribution in [0.2, 0.25) is 0 Å². The van der Waals surface area contributed by atoms with Gasteiger partial charge in [-0.2, -0.15) is 0 Å². The number of hydrogen-bond donors (Lipinski definition) is 4. The number of halogens is 6. The molecule has 1 aromatic heterocycles. The van der Waals surface area contributed by atoms with Gasteiger partial charge < -0.3 is 34.8 Å². The molecule has 1 spiro atoms. The fourth-order valence-corrected chi connectivity index (χ4v) is 5.02. The summed E-state index contributed by atoms with van der Waals surface area (Å²) in [5.74, 6) is -8.28. The number of benzene rings is 2. The highest BCUT2D eigenvalue weighted by Gasteiger charge is 2.62. The number of ether oxygens (including phenoxy) is 3. The third kappa shape index (κ3) is 5.52. The van der Waals surface area contributed by atoms with Gasteiger partial charge in [0.05, 0.1) is 25.5 Å². The third-order valence-corrected chi connectivity index (χ3v) is 6.93. The Morgan fingerprint density at radius 1 is 1.17 bits per heavy atom. The van der Waals surface area contributed by atoms with Crippen molar-refractivity contribution >= 4 is 5.91 Å². The van der Waals surface area contributed by atoms with Crippen molar-refractivity contribution in [3.8, 4) is 17.0 Å². The summed E-state index contributed by atoms with van der Waals surface area (Å²) < 4.78 is 95.1. The third-order valence-electron chi connectivity index (χ3n) is 6.93. The summed E-state index contributed by atoms with van der Waals surface area (Å²) in [4.78, 5) is 13.0. The van der Waals surface area contributed by atoms with Crippen molar-refractivity contribution in [3.05, 3.63) is 65.6 Å². The number of aliphatic hydroxyl groups is 3. The summed E-state index contributed by atoms with van der Waals surface area (Å²) in [6, 6.07) is 2.96. The number of nitrogens with zero attached hydrogens (tertiary/aromatic N) is 3. The molecule has 2 saturated heterocycles. The Morgan fingerprint density at radius 3 is 2.55 bits per heavy atom. The van der Waals surface area contributed by atoms with Crippen LogP contribution < -0.4 is 10.1 Å². The molecule has 2 aliphatic rings. The minimum atomic E-state index is -4.99. The Bertz CT molecular complexity index is 1450. The number of nitrogens with one attached hydrogen (secondary N) is 1. The lowest BCUT2D eigenvalue weighted by Crippen LogP contribution is -2.69. The molecule has 0 unspecified atom stereocenters. The average molecular weight is 604 g/mol. The molecule has 2 aromatic carbocycles. The lowest BCUT2D eigenvalue weighted by molar-refractivity contribution is -0.344. The van der Waals surface area contributed by atoms with Gasteiger partial charge in [0, 0.05) is 11.1 Å². The second-order valence-corrected chi connectivity index (χ2v) is 9.56. The molecule has 1 amide bonds. The van der Waals surface area contributed by atoms with E-state index < -0.39 is 78.3 Å². The van der Waals surface area contributed by atoms with Crippen molar-refractivity contribution in [3.63, 3.8) is 0 Å². The summed E-state index contributed by atoms with van der Waals surface area (Å²) in [6.45, 7) is -0.875. The lowest BCUT2D eigenvalue weighted by Gasteiger charge is -2.49. The monoisotopic (exact) mass is 604 g/mol. The van der Waals surface area contributed by atoms with Gasteiger partial charge in [-0.1, -0.05) is 11.3 Å². The smallest absolute Gasteiger partial charge is 0.406 e. The molecule has 3 heterocycles. The van der Waals surface area contributed by atoms with Crippen LogP contribution in [0, 0.1) is 17.5 Å². The summed E-state index contributed by atoms with van der Waals surface area (Å²) in [7, 11) is 0. The van der Waals surface area contributed by atoms with Crippen LogP contribution in [0.1, 0.15) is 22.8 Å². The Hall–Kier alpha value is -3.77.